The Kier molecular flexibility index (Phi) is 3.51. The molecule has 3 heterocycles. The summed E-state index contributed by atoms with van der Waals surface area (Å²) in [5.74, 6) is 1.84. The molecule has 0 N–H and O–H groups in total. The number of nitrogens with zero attached hydrogens (tertiary/aromatic N) is 1. The average Bonchev–Trinajstić information content (AvgIpc) is 2.76. The van der Waals surface area contributed by atoms with Gasteiger partial charge in [0.25, 0.3) is 0 Å². The van der Waals surface area contributed by atoms with E-state index in [0.29, 0.717) is 0 Å². The van der Waals surface area contributed by atoms with Gasteiger partial charge < -0.3 is 14.4 Å². The topological polar surface area (TPSA) is 21.7 Å². The van der Waals surface area contributed by atoms with Gasteiger partial charge in [-0.15, -0.1) is 0 Å². The summed E-state index contributed by atoms with van der Waals surface area (Å²) in [6.07, 6.45) is 0. The summed E-state index contributed by atoms with van der Waals surface area (Å²) in [6.45, 7) is 14.1. The van der Waals surface area contributed by atoms with Gasteiger partial charge in [-0.2, -0.15) is 0 Å². The van der Waals surface area contributed by atoms with E-state index in [1.807, 2.05) is 0 Å². The first-order valence-electron chi connectivity index (χ1n) is 11.4. The lowest BCUT2D eigenvalue weighted by atomic mass is 9.61. The number of benzene rings is 3. The molecule has 0 unspecified atom stereocenters. The Labute approximate surface area is 191 Å². The van der Waals surface area contributed by atoms with Crippen LogP contribution in [0.2, 0.25) is 0 Å². The van der Waals surface area contributed by atoms with Crippen LogP contribution in [0.4, 0.5) is 17.1 Å². The van der Waals surface area contributed by atoms with Crippen molar-refractivity contribution in [3.05, 3.63) is 75.8 Å². The zero-order valence-corrected chi connectivity index (χ0v) is 20.3. The number of para-hydroxylation sites is 1. The van der Waals surface area contributed by atoms with Crippen molar-refractivity contribution in [3.63, 3.8) is 0 Å². The second kappa shape index (κ2) is 5.70. The van der Waals surface area contributed by atoms with Crippen molar-refractivity contribution >= 4 is 17.1 Å². The first-order valence-corrected chi connectivity index (χ1v) is 11.4. The number of ether oxygens (including phenoxy) is 2. The van der Waals surface area contributed by atoms with Crippen LogP contribution in [-0.4, -0.2) is 14.2 Å². The summed E-state index contributed by atoms with van der Waals surface area (Å²) >= 11 is 0. The van der Waals surface area contributed by atoms with Gasteiger partial charge in [-0.1, -0.05) is 59.7 Å². The maximum Gasteiger partial charge on any atom is 0.119 e. The molecule has 0 spiro atoms. The minimum absolute atomic E-state index is 0.131. The van der Waals surface area contributed by atoms with Gasteiger partial charge in [0, 0.05) is 16.2 Å². The number of hydrogen-bond donors (Lipinski definition) is 0. The summed E-state index contributed by atoms with van der Waals surface area (Å²) in [6, 6.07) is 15.8. The lowest BCUT2D eigenvalue weighted by Gasteiger charge is -2.55. The molecule has 0 radical (unpaired) electrons. The van der Waals surface area contributed by atoms with Gasteiger partial charge in [0.15, 0.2) is 0 Å². The molecule has 0 fully saturated rings. The highest BCUT2D eigenvalue weighted by Gasteiger charge is 2.52. The van der Waals surface area contributed by atoms with E-state index >= 15 is 0 Å². The molecule has 0 aliphatic carbocycles. The lowest BCUT2D eigenvalue weighted by molar-refractivity contribution is 0.408. The molecule has 3 aliphatic heterocycles. The molecule has 3 aromatic carbocycles. The van der Waals surface area contributed by atoms with Gasteiger partial charge in [0.05, 0.1) is 31.3 Å². The minimum Gasteiger partial charge on any atom is -0.497 e. The second-order valence-corrected chi connectivity index (χ2v) is 11.1. The van der Waals surface area contributed by atoms with E-state index in [2.05, 4.69) is 88.9 Å². The molecular weight excluding hydrogens is 394 g/mol. The number of anilines is 3. The van der Waals surface area contributed by atoms with Crippen LogP contribution < -0.4 is 14.4 Å². The quantitative estimate of drug-likeness (QED) is 0.437. The lowest BCUT2D eigenvalue weighted by Crippen LogP contribution is -2.43. The van der Waals surface area contributed by atoms with Gasteiger partial charge in [-0.3, -0.25) is 0 Å². The van der Waals surface area contributed by atoms with Crippen LogP contribution >= 0.6 is 0 Å². The molecule has 0 aromatic heterocycles. The average molecular weight is 426 g/mol. The van der Waals surface area contributed by atoms with Crippen molar-refractivity contribution in [1.29, 1.82) is 0 Å². The van der Waals surface area contributed by atoms with E-state index in [0.717, 1.165) is 11.5 Å². The van der Waals surface area contributed by atoms with Gasteiger partial charge in [-0.25, -0.2) is 0 Å². The molecule has 3 heteroatoms. The zero-order valence-electron chi connectivity index (χ0n) is 20.3. The molecule has 0 amide bonds. The smallest absolute Gasteiger partial charge is 0.119 e. The first kappa shape index (κ1) is 19.7. The SMILES string of the molecule is COc1cc2c3c(c1)C(C)(C)c1cc(OC)cc4c1N3c1c(cccc1C4(C)C)C2(C)C. The van der Waals surface area contributed by atoms with E-state index < -0.39 is 0 Å². The molecule has 32 heavy (non-hydrogen) atoms. The highest BCUT2D eigenvalue weighted by Crippen LogP contribution is 2.66. The highest BCUT2D eigenvalue weighted by molar-refractivity contribution is 5.98. The Bertz CT molecular complexity index is 1230. The summed E-state index contributed by atoms with van der Waals surface area (Å²) in [5.41, 5.74) is 11.6. The molecule has 3 nitrogen and oxygen atoms in total. The fraction of sp³-hybridized carbons (Fsp3) is 0.379. The Morgan fingerprint density at radius 3 is 1.19 bits per heavy atom. The largest absolute Gasteiger partial charge is 0.497 e. The van der Waals surface area contributed by atoms with Gasteiger partial charge in [-0.05, 0) is 57.6 Å². The summed E-state index contributed by atoms with van der Waals surface area (Å²) < 4.78 is 11.6. The molecule has 164 valence electrons. The molecule has 0 atom stereocenters. The van der Waals surface area contributed by atoms with E-state index in [1.165, 1.54) is 50.4 Å². The standard InChI is InChI=1S/C29H31NO2/c1-27(2)18-10-9-11-19-24(18)30-25-20(27)12-16(31-7)14-22(25)29(5,6)23-15-17(32-8)13-21(26(23)30)28(19,3)4/h9-15H,1-8H3. The van der Waals surface area contributed by atoms with Crippen molar-refractivity contribution in [2.75, 3.05) is 19.1 Å². The van der Waals surface area contributed by atoms with Crippen molar-refractivity contribution in [3.8, 4) is 11.5 Å². The van der Waals surface area contributed by atoms with Gasteiger partial charge >= 0.3 is 0 Å². The highest BCUT2D eigenvalue weighted by atomic mass is 16.5. The van der Waals surface area contributed by atoms with Crippen LogP contribution in [0.3, 0.4) is 0 Å². The number of hydrogen-bond acceptors (Lipinski definition) is 3. The summed E-state index contributed by atoms with van der Waals surface area (Å²) in [5, 5.41) is 0. The minimum atomic E-state index is -0.191. The van der Waals surface area contributed by atoms with E-state index in [4.69, 9.17) is 9.47 Å². The molecule has 0 saturated heterocycles. The van der Waals surface area contributed by atoms with Crippen LogP contribution in [0.15, 0.2) is 42.5 Å². The van der Waals surface area contributed by atoms with Crippen molar-refractivity contribution in [1.82, 2.24) is 0 Å². The third-order valence-corrected chi connectivity index (χ3v) is 8.39. The second-order valence-electron chi connectivity index (χ2n) is 11.1. The van der Waals surface area contributed by atoms with Crippen molar-refractivity contribution < 1.29 is 9.47 Å². The van der Waals surface area contributed by atoms with E-state index in [-0.39, 0.29) is 16.2 Å². The Hall–Kier alpha value is -2.94. The fourth-order valence-corrected chi connectivity index (χ4v) is 6.40. The summed E-state index contributed by atoms with van der Waals surface area (Å²) in [7, 11) is 3.54. The monoisotopic (exact) mass is 425 g/mol. The predicted molar refractivity (Wildman–Crippen MR) is 131 cm³/mol. The summed E-state index contributed by atoms with van der Waals surface area (Å²) in [4.78, 5) is 2.56. The van der Waals surface area contributed by atoms with E-state index in [9.17, 15) is 0 Å². The molecule has 6 rings (SSSR count). The molecular formula is C29H31NO2. The maximum absolute atomic E-state index is 5.81. The normalized spacial score (nSPS) is 19.3. The van der Waals surface area contributed by atoms with Crippen LogP contribution in [0.25, 0.3) is 0 Å². The van der Waals surface area contributed by atoms with Gasteiger partial charge in [0.2, 0.25) is 0 Å². The predicted octanol–water partition coefficient (Wildman–Crippen LogP) is 7.09. The molecule has 0 bridgehead atoms. The van der Waals surface area contributed by atoms with E-state index in [1.54, 1.807) is 14.2 Å². The number of rotatable bonds is 2. The Balaban J connectivity index is 1.87. The van der Waals surface area contributed by atoms with Crippen molar-refractivity contribution in [2.24, 2.45) is 0 Å². The number of methoxy groups -OCH3 is 2. The molecule has 3 aromatic rings. The Morgan fingerprint density at radius 1 is 0.531 bits per heavy atom. The van der Waals surface area contributed by atoms with Crippen LogP contribution in [-0.2, 0) is 16.2 Å². The maximum atomic E-state index is 5.81. The fourth-order valence-electron chi connectivity index (χ4n) is 6.40. The van der Waals surface area contributed by atoms with Crippen LogP contribution in [0, 0.1) is 0 Å². The van der Waals surface area contributed by atoms with Gasteiger partial charge in [0.1, 0.15) is 11.5 Å². The first-order chi connectivity index (χ1) is 15.0. The molecule has 3 aliphatic rings. The third-order valence-electron chi connectivity index (χ3n) is 8.39. The zero-order chi connectivity index (χ0) is 22.8. The molecule has 0 saturated carbocycles. The van der Waals surface area contributed by atoms with Crippen LogP contribution in [0.5, 0.6) is 11.5 Å². The Morgan fingerprint density at radius 2 is 0.844 bits per heavy atom. The third kappa shape index (κ3) is 2.03. The van der Waals surface area contributed by atoms with Crippen LogP contribution in [0.1, 0.15) is 74.9 Å². The van der Waals surface area contributed by atoms with Crippen molar-refractivity contribution in [2.45, 2.75) is 57.8 Å².